The lowest BCUT2D eigenvalue weighted by Gasteiger charge is -2.15. The van der Waals surface area contributed by atoms with Crippen molar-refractivity contribution >= 4 is 32.8 Å². The molecule has 0 fully saturated rings. The molecule has 0 aliphatic carbocycles. The Bertz CT molecular complexity index is 1540. The average Bonchev–Trinajstić information content (AvgIpc) is 3.18. The Morgan fingerprint density at radius 2 is 1.03 bits per heavy atom. The minimum atomic E-state index is -4.53. The normalized spacial score (nSPS) is 13.3. The largest absolute Gasteiger partial charge is 0.383 e. The predicted molar refractivity (Wildman–Crippen MR) is 119 cm³/mol. The summed E-state index contributed by atoms with van der Waals surface area (Å²) in [5.74, 6) is -0.708. The van der Waals surface area contributed by atoms with E-state index < -0.39 is 41.6 Å². The Balaban J connectivity index is 2.04. The summed E-state index contributed by atoms with van der Waals surface area (Å²) in [5, 5.41) is 20.8. The molecule has 176 valence electrons. The molecule has 4 aromatic rings. The number of nitrogens with one attached hydrogen (secondary N) is 2. The molecular formula is C18H24N10O4S. The number of fused-ring (bicyclic) bond motifs is 2. The van der Waals surface area contributed by atoms with Crippen molar-refractivity contribution in [1.29, 1.82) is 0 Å². The number of hydrogen-bond acceptors (Lipinski definition) is 10. The minimum Gasteiger partial charge on any atom is -0.383 e. The number of aromatic nitrogens is 8. The number of nitrogens with two attached hydrogens (primary N) is 2. The molecule has 4 aromatic heterocycles. The lowest BCUT2D eigenvalue weighted by molar-refractivity contribution is 0.542. The van der Waals surface area contributed by atoms with Crippen molar-refractivity contribution in [2.24, 2.45) is 0 Å². The van der Waals surface area contributed by atoms with E-state index in [1.54, 1.807) is 41.5 Å². The Hall–Kier alpha value is -3.75. The summed E-state index contributed by atoms with van der Waals surface area (Å²) in [6.45, 7) is 10.6. The fourth-order valence-electron chi connectivity index (χ4n) is 3.43. The van der Waals surface area contributed by atoms with Crippen LogP contribution in [0.15, 0.2) is 19.4 Å². The van der Waals surface area contributed by atoms with Gasteiger partial charge in [0, 0.05) is 10.8 Å². The van der Waals surface area contributed by atoms with Gasteiger partial charge in [-0.3, -0.25) is 19.8 Å². The number of nitrogens with zero attached hydrogens (tertiary/aromatic N) is 6. The van der Waals surface area contributed by atoms with Gasteiger partial charge in [0.2, 0.25) is 9.84 Å². The SMILES string of the molecule is CC(C)(C)c1nnc2c(S(=O)(=O)c3c(N)[nH]n4c(=O)c(C(C)(C)C)nnc34)c(N)[nH]n2c1=O. The van der Waals surface area contributed by atoms with Gasteiger partial charge in [0.05, 0.1) is 0 Å². The molecule has 0 aliphatic heterocycles. The van der Waals surface area contributed by atoms with Crippen molar-refractivity contribution in [1.82, 2.24) is 39.6 Å². The van der Waals surface area contributed by atoms with Gasteiger partial charge in [-0.1, -0.05) is 41.5 Å². The van der Waals surface area contributed by atoms with Crippen molar-refractivity contribution in [3.05, 3.63) is 32.1 Å². The highest BCUT2D eigenvalue weighted by atomic mass is 32.2. The van der Waals surface area contributed by atoms with E-state index in [0.717, 1.165) is 9.03 Å². The number of aromatic amines is 2. The van der Waals surface area contributed by atoms with Crippen molar-refractivity contribution in [2.45, 2.75) is 62.2 Å². The fraction of sp³-hybridized carbons (Fsp3) is 0.444. The number of rotatable bonds is 2. The lowest BCUT2D eigenvalue weighted by atomic mass is 9.93. The summed E-state index contributed by atoms with van der Waals surface area (Å²) in [7, 11) is -4.53. The van der Waals surface area contributed by atoms with E-state index in [4.69, 9.17) is 11.5 Å². The average molecular weight is 477 g/mol. The lowest BCUT2D eigenvalue weighted by Crippen LogP contribution is -2.30. The zero-order valence-corrected chi connectivity index (χ0v) is 19.7. The molecule has 0 bridgehead atoms. The molecule has 4 heterocycles. The van der Waals surface area contributed by atoms with Gasteiger partial charge < -0.3 is 11.5 Å². The van der Waals surface area contributed by atoms with Gasteiger partial charge in [-0.2, -0.15) is 9.03 Å². The second kappa shape index (κ2) is 6.63. The molecule has 0 saturated heterocycles. The standard InChI is InChI=1S/C18H24N10O4S/c1-17(2,3)9-15(29)27-13(23-21-9)7(11(19)25-27)33(31,32)8-12(20)26-28-14(8)24-22-10(16(28)30)18(4,5)6/h25-26H,19-20H2,1-6H3. The van der Waals surface area contributed by atoms with E-state index in [1.165, 1.54) is 0 Å². The molecule has 0 spiro atoms. The molecule has 15 heteroatoms. The monoisotopic (exact) mass is 476 g/mol. The molecule has 6 N–H and O–H groups in total. The van der Waals surface area contributed by atoms with Crippen molar-refractivity contribution in [3.8, 4) is 0 Å². The maximum absolute atomic E-state index is 13.6. The molecule has 0 unspecified atom stereocenters. The summed E-state index contributed by atoms with van der Waals surface area (Å²) in [5.41, 5.74) is 9.03. The predicted octanol–water partition coefficient (Wildman–Crippen LogP) is -0.259. The highest BCUT2D eigenvalue weighted by Gasteiger charge is 2.36. The molecule has 0 saturated carbocycles. The van der Waals surface area contributed by atoms with Gasteiger partial charge in [0.15, 0.2) is 21.1 Å². The summed E-state index contributed by atoms with van der Waals surface area (Å²) in [4.78, 5) is 24.7. The Morgan fingerprint density at radius 3 is 1.33 bits per heavy atom. The van der Waals surface area contributed by atoms with Crippen LogP contribution in [-0.2, 0) is 20.7 Å². The maximum Gasteiger partial charge on any atom is 0.295 e. The van der Waals surface area contributed by atoms with Crippen LogP contribution in [0.5, 0.6) is 0 Å². The Morgan fingerprint density at radius 1 is 0.697 bits per heavy atom. The smallest absolute Gasteiger partial charge is 0.295 e. The van der Waals surface area contributed by atoms with E-state index in [9.17, 15) is 18.0 Å². The summed E-state index contributed by atoms with van der Waals surface area (Å²) >= 11 is 0. The maximum atomic E-state index is 13.6. The van der Waals surface area contributed by atoms with Crippen LogP contribution in [-0.4, -0.2) is 48.0 Å². The molecule has 0 aliphatic rings. The van der Waals surface area contributed by atoms with Crippen molar-refractivity contribution < 1.29 is 8.42 Å². The van der Waals surface area contributed by atoms with Crippen LogP contribution in [0.2, 0.25) is 0 Å². The Kier molecular flexibility index (Phi) is 4.51. The zero-order chi connectivity index (χ0) is 24.7. The summed E-state index contributed by atoms with van der Waals surface area (Å²) in [6.07, 6.45) is 0. The molecule has 4 rings (SSSR count). The molecule has 0 atom stereocenters. The number of hydrogen-bond donors (Lipinski definition) is 4. The van der Waals surface area contributed by atoms with Gasteiger partial charge in [0.1, 0.15) is 23.0 Å². The molecule has 33 heavy (non-hydrogen) atoms. The van der Waals surface area contributed by atoms with Crippen LogP contribution in [0, 0.1) is 0 Å². The third-order valence-electron chi connectivity index (χ3n) is 5.04. The first-order valence-electron chi connectivity index (χ1n) is 9.86. The van der Waals surface area contributed by atoms with E-state index in [-0.39, 0.29) is 34.3 Å². The number of anilines is 2. The first-order chi connectivity index (χ1) is 15.1. The van der Waals surface area contributed by atoms with E-state index in [1.807, 2.05) is 0 Å². The first kappa shape index (κ1) is 22.4. The Labute approximate surface area is 186 Å². The quantitative estimate of drug-likeness (QED) is 0.297. The van der Waals surface area contributed by atoms with Gasteiger partial charge >= 0.3 is 0 Å². The third kappa shape index (κ3) is 3.18. The van der Waals surface area contributed by atoms with Gasteiger partial charge in [0.25, 0.3) is 11.1 Å². The van der Waals surface area contributed by atoms with Crippen LogP contribution in [0.1, 0.15) is 52.9 Å². The number of nitrogen functional groups attached to an aromatic ring is 2. The number of sulfone groups is 1. The third-order valence-corrected chi connectivity index (χ3v) is 6.92. The summed E-state index contributed by atoms with van der Waals surface area (Å²) in [6, 6.07) is 0. The first-order valence-corrected chi connectivity index (χ1v) is 11.3. The highest BCUT2D eigenvalue weighted by Crippen LogP contribution is 2.33. The second-order valence-corrected chi connectivity index (χ2v) is 11.6. The van der Waals surface area contributed by atoms with Crippen LogP contribution >= 0.6 is 0 Å². The molecule has 0 amide bonds. The van der Waals surface area contributed by atoms with E-state index in [0.29, 0.717) is 0 Å². The van der Waals surface area contributed by atoms with Gasteiger partial charge in [-0.05, 0) is 0 Å². The van der Waals surface area contributed by atoms with Crippen LogP contribution in [0.4, 0.5) is 11.6 Å². The van der Waals surface area contributed by atoms with E-state index in [2.05, 4.69) is 30.6 Å². The van der Waals surface area contributed by atoms with Gasteiger partial charge in [-0.15, -0.1) is 20.4 Å². The fourth-order valence-corrected chi connectivity index (χ4v) is 5.05. The minimum absolute atomic E-state index is 0.115. The molecule has 0 aromatic carbocycles. The summed E-state index contributed by atoms with van der Waals surface area (Å²) < 4.78 is 29.1. The van der Waals surface area contributed by atoms with Crippen molar-refractivity contribution in [2.75, 3.05) is 11.5 Å². The van der Waals surface area contributed by atoms with E-state index >= 15 is 0 Å². The topological polar surface area (TPSA) is 212 Å². The molecular weight excluding hydrogens is 452 g/mol. The zero-order valence-electron chi connectivity index (χ0n) is 18.9. The highest BCUT2D eigenvalue weighted by molar-refractivity contribution is 7.92. The van der Waals surface area contributed by atoms with Crippen LogP contribution in [0.25, 0.3) is 11.3 Å². The van der Waals surface area contributed by atoms with Gasteiger partial charge in [-0.25, -0.2) is 8.42 Å². The molecule has 0 radical (unpaired) electrons. The van der Waals surface area contributed by atoms with Crippen LogP contribution in [0.3, 0.4) is 0 Å². The molecule has 14 nitrogen and oxygen atoms in total. The van der Waals surface area contributed by atoms with Crippen molar-refractivity contribution in [3.63, 3.8) is 0 Å². The van der Waals surface area contributed by atoms with Crippen LogP contribution < -0.4 is 22.6 Å². The number of H-pyrrole nitrogens is 2. The second-order valence-electron chi connectivity index (χ2n) is 9.74.